The Balaban J connectivity index is 1.47. The van der Waals surface area contributed by atoms with Crippen LogP contribution in [0.1, 0.15) is 18.9 Å². The first-order valence-electron chi connectivity index (χ1n) is 8.52. The summed E-state index contributed by atoms with van der Waals surface area (Å²) in [5.41, 5.74) is 2.15. The maximum atomic E-state index is 12.2. The Labute approximate surface area is 157 Å². The van der Waals surface area contributed by atoms with Crippen molar-refractivity contribution >= 4 is 17.7 Å². The smallest absolute Gasteiger partial charge is 0.230 e. The summed E-state index contributed by atoms with van der Waals surface area (Å²) < 4.78 is 1.64. The minimum Gasteiger partial charge on any atom is -0.353 e. The van der Waals surface area contributed by atoms with E-state index in [1.807, 2.05) is 55.5 Å². The molecule has 0 saturated heterocycles. The van der Waals surface area contributed by atoms with Crippen LogP contribution in [0.5, 0.6) is 0 Å². The third-order valence-corrected chi connectivity index (χ3v) is 4.81. The number of para-hydroxylation sites is 1. The maximum Gasteiger partial charge on any atom is 0.230 e. The molecule has 1 heterocycles. The molecule has 1 aromatic heterocycles. The van der Waals surface area contributed by atoms with Crippen LogP contribution in [0.4, 0.5) is 0 Å². The van der Waals surface area contributed by atoms with Crippen molar-refractivity contribution in [3.05, 3.63) is 66.2 Å². The van der Waals surface area contributed by atoms with Crippen LogP contribution in [0.25, 0.3) is 5.69 Å². The number of hydrogen-bond donors (Lipinski definition) is 1. The molecule has 1 amide bonds. The molecular weight excluding hydrogens is 346 g/mol. The van der Waals surface area contributed by atoms with Crippen LogP contribution in [0.3, 0.4) is 0 Å². The van der Waals surface area contributed by atoms with E-state index < -0.39 is 0 Å². The second-order valence-corrected chi connectivity index (χ2v) is 6.93. The topological polar surface area (TPSA) is 72.7 Å². The zero-order chi connectivity index (χ0) is 18.2. The van der Waals surface area contributed by atoms with Gasteiger partial charge in [0.05, 0.1) is 11.4 Å². The van der Waals surface area contributed by atoms with Crippen molar-refractivity contribution in [2.24, 2.45) is 0 Å². The highest BCUT2D eigenvalue weighted by Gasteiger charge is 2.13. The molecule has 0 radical (unpaired) electrons. The van der Waals surface area contributed by atoms with Crippen LogP contribution < -0.4 is 5.32 Å². The Morgan fingerprint density at radius 3 is 2.54 bits per heavy atom. The Morgan fingerprint density at radius 2 is 1.81 bits per heavy atom. The molecule has 6 nitrogen and oxygen atoms in total. The fraction of sp³-hybridized carbons (Fsp3) is 0.263. The van der Waals surface area contributed by atoms with Crippen LogP contribution in [-0.2, 0) is 11.2 Å². The molecule has 3 rings (SSSR count). The average molecular weight is 367 g/mol. The number of tetrazole rings is 1. The second kappa shape index (κ2) is 9.15. The van der Waals surface area contributed by atoms with Crippen LogP contribution >= 0.6 is 11.8 Å². The number of nitrogens with zero attached hydrogens (tertiary/aromatic N) is 4. The van der Waals surface area contributed by atoms with E-state index in [0.29, 0.717) is 5.16 Å². The molecule has 1 atom stereocenters. The van der Waals surface area contributed by atoms with Gasteiger partial charge in [-0.25, -0.2) is 0 Å². The number of carbonyl (C=O) groups excluding carboxylic acids is 1. The Morgan fingerprint density at radius 1 is 1.12 bits per heavy atom. The summed E-state index contributed by atoms with van der Waals surface area (Å²) in [5, 5.41) is 15.3. The molecule has 0 aliphatic rings. The third-order valence-electron chi connectivity index (χ3n) is 3.89. The summed E-state index contributed by atoms with van der Waals surface area (Å²) in [5.74, 6) is 0.265. The summed E-state index contributed by atoms with van der Waals surface area (Å²) >= 11 is 1.33. The van der Waals surface area contributed by atoms with Gasteiger partial charge in [0.2, 0.25) is 11.1 Å². The van der Waals surface area contributed by atoms with E-state index in [-0.39, 0.29) is 17.7 Å². The average Bonchev–Trinajstić information content (AvgIpc) is 3.15. The molecule has 0 bridgehead atoms. The maximum absolute atomic E-state index is 12.2. The van der Waals surface area contributed by atoms with Gasteiger partial charge < -0.3 is 5.32 Å². The van der Waals surface area contributed by atoms with Gasteiger partial charge in [-0.3, -0.25) is 4.79 Å². The van der Waals surface area contributed by atoms with Crippen molar-refractivity contribution in [2.75, 3.05) is 5.75 Å². The molecule has 0 saturated carbocycles. The highest BCUT2D eigenvalue weighted by Crippen LogP contribution is 2.17. The van der Waals surface area contributed by atoms with E-state index in [2.05, 4.69) is 33.0 Å². The summed E-state index contributed by atoms with van der Waals surface area (Å²) in [6.45, 7) is 2.03. The summed E-state index contributed by atoms with van der Waals surface area (Å²) in [7, 11) is 0. The zero-order valence-electron chi connectivity index (χ0n) is 14.6. The van der Waals surface area contributed by atoms with Crippen LogP contribution in [0.2, 0.25) is 0 Å². The minimum absolute atomic E-state index is 0.0156. The van der Waals surface area contributed by atoms with Crippen molar-refractivity contribution in [1.29, 1.82) is 0 Å². The second-order valence-electron chi connectivity index (χ2n) is 5.99. The molecule has 2 aromatic carbocycles. The summed E-state index contributed by atoms with van der Waals surface area (Å²) in [6, 6.07) is 20.0. The first-order valence-corrected chi connectivity index (χ1v) is 9.51. The standard InChI is InChI=1S/C19H21N5OS/c1-15(12-13-16-8-4-2-5-9-16)20-18(25)14-26-19-21-22-23-24(19)17-10-6-3-7-11-17/h2-11,15H,12-14H2,1H3,(H,20,25). The SMILES string of the molecule is CC(CCc1ccccc1)NC(=O)CSc1nnnn1-c1ccccc1. The van der Waals surface area contributed by atoms with Gasteiger partial charge in [0, 0.05) is 6.04 Å². The Bertz CT molecular complexity index is 822. The molecule has 0 aliphatic heterocycles. The number of benzene rings is 2. The van der Waals surface area contributed by atoms with Crippen LogP contribution in [0.15, 0.2) is 65.8 Å². The summed E-state index contributed by atoms with van der Waals surface area (Å²) in [4.78, 5) is 12.2. The lowest BCUT2D eigenvalue weighted by Gasteiger charge is -2.13. The number of aryl methyl sites for hydroxylation is 1. The number of amides is 1. The van der Waals surface area contributed by atoms with E-state index in [4.69, 9.17) is 0 Å². The number of rotatable bonds is 8. The molecule has 134 valence electrons. The Kier molecular flexibility index (Phi) is 6.38. The first-order chi connectivity index (χ1) is 12.7. The lowest BCUT2D eigenvalue weighted by atomic mass is 10.1. The minimum atomic E-state index is -0.0156. The van der Waals surface area contributed by atoms with Gasteiger partial charge in [-0.1, -0.05) is 60.3 Å². The van der Waals surface area contributed by atoms with Crippen LogP contribution in [-0.4, -0.2) is 37.9 Å². The number of nitrogens with one attached hydrogen (secondary N) is 1. The van der Waals surface area contributed by atoms with Crippen molar-refractivity contribution in [1.82, 2.24) is 25.5 Å². The predicted octanol–water partition coefficient (Wildman–Crippen LogP) is 2.89. The van der Waals surface area contributed by atoms with E-state index in [9.17, 15) is 4.79 Å². The molecule has 0 fully saturated rings. The van der Waals surface area contributed by atoms with Gasteiger partial charge in [0.15, 0.2) is 0 Å². The molecular formula is C19H21N5OS. The van der Waals surface area contributed by atoms with Gasteiger partial charge in [-0.2, -0.15) is 4.68 Å². The fourth-order valence-electron chi connectivity index (χ4n) is 2.55. The lowest BCUT2D eigenvalue weighted by Crippen LogP contribution is -2.34. The molecule has 7 heteroatoms. The number of hydrogen-bond acceptors (Lipinski definition) is 5. The quantitative estimate of drug-likeness (QED) is 0.620. The molecule has 3 aromatic rings. The van der Waals surface area contributed by atoms with Gasteiger partial charge in [-0.05, 0) is 47.9 Å². The van der Waals surface area contributed by atoms with Crippen molar-refractivity contribution < 1.29 is 4.79 Å². The molecule has 26 heavy (non-hydrogen) atoms. The lowest BCUT2D eigenvalue weighted by molar-refractivity contribution is -0.119. The van der Waals surface area contributed by atoms with E-state index in [1.54, 1.807) is 4.68 Å². The van der Waals surface area contributed by atoms with E-state index in [0.717, 1.165) is 18.5 Å². The van der Waals surface area contributed by atoms with Crippen molar-refractivity contribution in [3.8, 4) is 5.69 Å². The Hall–Kier alpha value is -2.67. The molecule has 0 spiro atoms. The van der Waals surface area contributed by atoms with Crippen molar-refractivity contribution in [2.45, 2.75) is 31.0 Å². The first kappa shape index (κ1) is 18.1. The monoisotopic (exact) mass is 367 g/mol. The molecule has 1 unspecified atom stereocenters. The van der Waals surface area contributed by atoms with E-state index in [1.165, 1.54) is 17.3 Å². The zero-order valence-corrected chi connectivity index (χ0v) is 15.4. The number of thioether (sulfide) groups is 1. The summed E-state index contributed by atoms with van der Waals surface area (Å²) in [6.07, 6.45) is 1.85. The van der Waals surface area contributed by atoms with Gasteiger partial charge in [-0.15, -0.1) is 5.10 Å². The van der Waals surface area contributed by atoms with Crippen molar-refractivity contribution in [3.63, 3.8) is 0 Å². The molecule has 0 aliphatic carbocycles. The normalized spacial score (nSPS) is 11.9. The van der Waals surface area contributed by atoms with Crippen LogP contribution in [0, 0.1) is 0 Å². The largest absolute Gasteiger partial charge is 0.353 e. The van der Waals surface area contributed by atoms with Gasteiger partial charge in [0.1, 0.15) is 0 Å². The number of carbonyl (C=O) groups is 1. The molecule has 1 N–H and O–H groups in total. The highest BCUT2D eigenvalue weighted by atomic mass is 32.2. The number of aromatic nitrogens is 4. The predicted molar refractivity (Wildman–Crippen MR) is 102 cm³/mol. The van der Waals surface area contributed by atoms with Gasteiger partial charge in [0.25, 0.3) is 0 Å². The third kappa shape index (κ3) is 5.16. The highest BCUT2D eigenvalue weighted by molar-refractivity contribution is 7.99. The van der Waals surface area contributed by atoms with Gasteiger partial charge >= 0.3 is 0 Å². The fourth-order valence-corrected chi connectivity index (χ4v) is 3.25. The van der Waals surface area contributed by atoms with E-state index >= 15 is 0 Å².